The second-order valence-electron chi connectivity index (χ2n) is 7.76. The lowest BCUT2D eigenvalue weighted by atomic mass is 9.96. The fourth-order valence-electron chi connectivity index (χ4n) is 3.05. The molecule has 1 aliphatic rings. The van der Waals surface area contributed by atoms with Gasteiger partial charge in [-0.05, 0) is 38.2 Å². The number of carbonyl (C=O) groups is 1. The summed E-state index contributed by atoms with van der Waals surface area (Å²) in [5.74, 6) is 2.08. The van der Waals surface area contributed by atoms with E-state index in [1.54, 1.807) is 6.20 Å². The highest BCUT2D eigenvalue weighted by Gasteiger charge is 2.27. The molecule has 5 nitrogen and oxygen atoms in total. The second-order valence-corrected chi connectivity index (χ2v) is 8.75. The van der Waals surface area contributed by atoms with Crippen LogP contribution in [0.2, 0.25) is 0 Å². The van der Waals surface area contributed by atoms with Gasteiger partial charge < -0.3 is 10.2 Å². The summed E-state index contributed by atoms with van der Waals surface area (Å²) in [5, 5.41) is 7.51. The summed E-state index contributed by atoms with van der Waals surface area (Å²) in [6, 6.07) is 2.92. The molecule has 2 rings (SSSR count). The average Bonchev–Trinajstić information content (AvgIpc) is 3.00. The molecule has 0 radical (unpaired) electrons. The Morgan fingerprint density at radius 1 is 1.42 bits per heavy atom. The highest BCUT2D eigenvalue weighted by molar-refractivity contribution is 7.98. The van der Waals surface area contributed by atoms with Crippen molar-refractivity contribution in [3.63, 3.8) is 0 Å². The summed E-state index contributed by atoms with van der Waals surface area (Å²) in [6.07, 6.45) is 7.38. The van der Waals surface area contributed by atoms with E-state index >= 15 is 0 Å². The number of piperidine rings is 1. The summed E-state index contributed by atoms with van der Waals surface area (Å²) >= 11 is 1.92. The van der Waals surface area contributed by atoms with Crippen LogP contribution in [0.25, 0.3) is 0 Å². The summed E-state index contributed by atoms with van der Waals surface area (Å²) in [7, 11) is 0. The minimum Gasteiger partial charge on any atom is -0.310 e. The van der Waals surface area contributed by atoms with Crippen molar-refractivity contribution in [2.24, 2.45) is 5.41 Å². The molecule has 1 N–H and O–H groups in total. The Balaban J connectivity index is 1.93. The van der Waals surface area contributed by atoms with Crippen molar-refractivity contribution in [3.8, 4) is 0 Å². The molecule has 0 aliphatic carbocycles. The summed E-state index contributed by atoms with van der Waals surface area (Å²) in [4.78, 5) is 14.8. The molecule has 0 aromatic carbocycles. The highest BCUT2D eigenvalue weighted by atomic mass is 32.2. The fourth-order valence-corrected chi connectivity index (χ4v) is 3.63. The maximum Gasteiger partial charge on any atom is 0.230 e. The van der Waals surface area contributed by atoms with Crippen LogP contribution in [0.15, 0.2) is 12.3 Å². The molecule has 136 valence electrons. The quantitative estimate of drug-likeness (QED) is 0.849. The van der Waals surface area contributed by atoms with E-state index in [0.717, 1.165) is 31.7 Å². The maximum atomic E-state index is 12.2. The lowest BCUT2D eigenvalue weighted by molar-refractivity contribution is -0.123. The molecule has 2 heterocycles. The molecule has 1 aliphatic heterocycles. The SMILES string of the molecule is CSCC[C@@H](C)N1CCC(n2nccc2NC(=O)C(C)(C)C)CC1. The van der Waals surface area contributed by atoms with Crippen LogP contribution in [0.3, 0.4) is 0 Å². The number of aromatic nitrogens is 2. The van der Waals surface area contributed by atoms with Gasteiger partial charge in [0.2, 0.25) is 5.91 Å². The molecule has 24 heavy (non-hydrogen) atoms. The zero-order valence-corrected chi connectivity index (χ0v) is 16.5. The Morgan fingerprint density at radius 2 is 2.08 bits per heavy atom. The number of nitrogens with zero attached hydrogens (tertiary/aromatic N) is 3. The number of hydrogen-bond acceptors (Lipinski definition) is 4. The molecule has 0 bridgehead atoms. The molecule has 1 fully saturated rings. The smallest absolute Gasteiger partial charge is 0.230 e. The number of likely N-dealkylation sites (tertiary alicyclic amines) is 1. The normalized spacial score (nSPS) is 18.5. The molecule has 1 aromatic rings. The molecule has 0 spiro atoms. The van der Waals surface area contributed by atoms with Crippen LogP contribution < -0.4 is 5.32 Å². The number of anilines is 1. The van der Waals surface area contributed by atoms with Gasteiger partial charge in [-0.15, -0.1) is 0 Å². The van der Waals surface area contributed by atoms with Crippen molar-refractivity contribution >= 4 is 23.5 Å². The molecular weight excluding hydrogens is 320 g/mol. The van der Waals surface area contributed by atoms with Crippen LogP contribution in [-0.2, 0) is 4.79 Å². The Kier molecular flexibility index (Phi) is 6.75. The predicted octanol–water partition coefficient (Wildman–Crippen LogP) is 3.65. The van der Waals surface area contributed by atoms with E-state index < -0.39 is 5.41 Å². The van der Waals surface area contributed by atoms with Crippen LogP contribution in [-0.4, -0.2) is 51.7 Å². The Hall–Kier alpha value is -1.01. The standard InChI is InChI=1S/C18H32N4OS/c1-14(9-13-24-5)21-11-7-15(8-12-21)22-16(6-10-19-22)20-17(23)18(2,3)4/h6,10,14-15H,7-9,11-13H2,1-5H3,(H,20,23)/t14-/m1/s1. The first-order chi connectivity index (χ1) is 11.3. The van der Waals surface area contributed by atoms with Crippen molar-refractivity contribution in [1.29, 1.82) is 0 Å². The fraction of sp³-hybridized carbons (Fsp3) is 0.778. The number of thioether (sulfide) groups is 1. The highest BCUT2D eigenvalue weighted by Crippen LogP contribution is 2.27. The minimum absolute atomic E-state index is 0.0346. The molecule has 1 aromatic heterocycles. The van der Waals surface area contributed by atoms with Gasteiger partial charge in [-0.25, -0.2) is 4.68 Å². The van der Waals surface area contributed by atoms with E-state index in [9.17, 15) is 4.79 Å². The van der Waals surface area contributed by atoms with Gasteiger partial charge in [-0.1, -0.05) is 20.8 Å². The van der Waals surface area contributed by atoms with Gasteiger partial charge in [0, 0.05) is 30.6 Å². The Bertz CT molecular complexity index is 529. The molecule has 0 saturated carbocycles. The second kappa shape index (κ2) is 8.39. The van der Waals surface area contributed by atoms with Crippen molar-refractivity contribution in [1.82, 2.24) is 14.7 Å². The number of amides is 1. The van der Waals surface area contributed by atoms with Crippen LogP contribution >= 0.6 is 11.8 Å². The Labute approximate surface area is 150 Å². The first kappa shape index (κ1) is 19.3. The summed E-state index contributed by atoms with van der Waals surface area (Å²) in [5.41, 5.74) is -0.398. The largest absolute Gasteiger partial charge is 0.310 e. The topological polar surface area (TPSA) is 50.2 Å². The van der Waals surface area contributed by atoms with Gasteiger partial charge in [-0.2, -0.15) is 16.9 Å². The third kappa shape index (κ3) is 4.99. The Morgan fingerprint density at radius 3 is 2.67 bits per heavy atom. The number of hydrogen-bond donors (Lipinski definition) is 1. The molecule has 1 saturated heterocycles. The third-order valence-electron chi connectivity index (χ3n) is 4.80. The molecule has 1 amide bonds. The van der Waals surface area contributed by atoms with Gasteiger partial charge >= 0.3 is 0 Å². The van der Waals surface area contributed by atoms with Gasteiger partial charge in [0.05, 0.1) is 12.2 Å². The number of rotatable bonds is 6. The van der Waals surface area contributed by atoms with Crippen LogP contribution in [0, 0.1) is 5.41 Å². The van der Waals surface area contributed by atoms with Gasteiger partial charge in [0.1, 0.15) is 5.82 Å². The predicted molar refractivity (Wildman–Crippen MR) is 103 cm³/mol. The van der Waals surface area contributed by atoms with Crippen molar-refractivity contribution < 1.29 is 4.79 Å². The lowest BCUT2D eigenvalue weighted by Crippen LogP contribution is -2.41. The molecule has 6 heteroatoms. The lowest BCUT2D eigenvalue weighted by Gasteiger charge is -2.36. The van der Waals surface area contributed by atoms with E-state index in [1.165, 1.54) is 12.2 Å². The van der Waals surface area contributed by atoms with E-state index in [-0.39, 0.29) is 5.91 Å². The first-order valence-corrected chi connectivity index (χ1v) is 10.3. The van der Waals surface area contributed by atoms with Gasteiger partial charge in [-0.3, -0.25) is 4.79 Å². The van der Waals surface area contributed by atoms with Crippen molar-refractivity contribution in [2.45, 2.75) is 59.0 Å². The summed E-state index contributed by atoms with van der Waals surface area (Å²) < 4.78 is 2.01. The average molecular weight is 353 g/mol. The third-order valence-corrected chi connectivity index (χ3v) is 5.45. The van der Waals surface area contributed by atoms with Gasteiger partial charge in [0.25, 0.3) is 0 Å². The van der Waals surface area contributed by atoms with Crippen molar-refractivity contribution in [3.05, 3.63) is 12.3 Å². The number of nitrogens with one attached hydrogen (secondary N) is 1. The van der Waals surface area contributed by atoms with E-state index in [2.05, 4.69) is 28.5 Å². The van der Waals surface area contributed by atoms with E-state index in [0.29, 0.717) is 12.1 Å². The van der Waals surface area contributed by atoms with E-state index in [1.807, 2.05) is 43.3 Å². The molecule has 0 unspecified atom stereocenters. The zero-order valence-electron chi connectivity index (χ0n) is 15.7. The summed E-state index contributed by atoms with van der Waals surface area (Å²) in [6.45, 7) is 10.3. The van der Waals surface area contributed by atoms with Crippen molar-refractivity contribution in [2.75, 3.05) is 30.4 Å². The van der Waals surface area contributed by atoms with Crippen LogP contribution in [0.1, 0.15) is 53.0 Å². The molecular formula is C18H32N4OS. The van der Waals surface area contributed by atoms with Crippen LogP contribution in [0.4, 0.5) is 5.82 Å². The van der Waals surface area contributed by atoms with E-state index in [4.69, 9.17) is 0 Å². The number of carbonyl (C=O) groups excluding carboxylic acids is 1. The monoisotopic (exact) mass is 352 g/mol. The van der Waals surface area contributed by atoms with Crippen LogP contribution in [0.5, 0.6) is 0 Å². The van der Waals surface area contributed by atoms with Gasteiger partial charge in [0.15, 0.2) is 0 Å². The zero-order chi connectivity index (χ0) is 17.7. The minimum atomic E-state index is -0.398. The molecule has 1 atom stereocenters. The first-order valence-electron chi connectivity index (χ1n) is 8.91. The maximum absolute atomic E-state index is 12.2.